The van der Waals surface area contributed by atoms with Crippen molar-refractivity contribution in [1.82, 2.24) is 24.5 Å². The summed E-state index contributed by atoms with van der Waals surface area (Å²) in [5.41, 5.74) is 3.66. The summed E-state index contributed by atoms with van der Waals surface area (Å²) in [5, 5.41) is 12.7. The van der Waals surface area contributed by atoms with E-state index in [0.29, 0.717) is 39.7 Å². The molecule has 0 saturated heterocycles. The Morgan fingerprint density at radius 2 is 1.81 bits per heavy atom. The highest BCUT2D eigenvalue weighted by Gasteiger charge is 2.19. The van der Waals surface area contributed by atoms with Crippen LogP contribution in [0.1, 0.15) is 40.9 Å². The van der Waals surface area contributed by atoms with Gasteiger partial charge in [0.2, 0.25) is 5.78 Å². The number of rotatable bonds is 7. The number of carbonyl (C=O) groups excluding carboxylic acids is 1. The van der Waals surface area contributed by atoms with Crippen molar-refractivity contribution in [2.45, 2.75) is 44.3 Å². The maximum atomic E-state index is 13.7. The number of halogens is 1. The predicted octanol–water partition coefficient (Wildman–Crippen LogP) is 4.97. The van der Waals surface area contributed by atoms with E-state index >= 15 is 0 Å². The summed E-state index contributed by atoms with van der Waals surface area (Å²) in [7, 11) is 0. The first-order chi connectivity index (χ1) is 17.8. The van der Waals surface area contributed by atoms with Gasteiger partial charge in [0.05, 0.1) is 17.4 Å². The molecule has 188 valence electrons. The van der Waals surface area contributed by atoms with E-state index in [1.165, 1.54) is 23.9 Å². The highest BCUT2D eigenvalue weighted by molar-refractivity contribution is 7.98. The van der Waals surface area contributed by atoms with Gasteiger partial charge in [-0.25, -0.2) is 4.39 Å². The fourth-order valence-electron chi connectivity index (χ4n) is 4.16. The molecule has 0 spiro atoms. The number of nitrogens with zero attached hydrogens (tertiary/aromatic N) is 4. The van der Waals surface area contributed by atoms with E-state index < -0.39 is 0 Å². The van der Waals surface area contributed by atoms with E-state index in [0.717, 1.165) is 16.7 Å². The average molecular weight is 516 g/mol. The first kappa shape index (κ1) is 24.7. The second kappa shape index (κ2) is 10.2. The quantitative estimate of drug-likeness (QED) is 0.310. The van der Waals surface area contributed by atoms with Gasteiger partial charge in [-0.05, 0) is 62.2 Å². The van der Waals surface area contributed by atoms with Gasteiger partial charge in [0.25, 0.3) is 11.5 Å². The van der Waals surface area contributed by atoms with Crippen molar-refractivity contribution in [1.29, 1.82) is 0 Å². The number of aryl methyl sites for hydroxylation is 1. The van der Waals surface area contributed by atoms with Crippen LogP contribution in [0.25, 0.3) is 16.7 Å². The molecule has 9 heteroatoms. The Kier molecular flexibility index (Phi) is 6.80. The highest BCUT2D eigenvalue weighted by atomic mass is 32.2. The van der Waals surface area contributed by atoms with Crippen LogP contribution in [0, 0.1) is 12.7 Å². The van der Waals surface area contributed by atoms with Crippen molar-refractivity contribution >= 4 is 34.3 Å². The summed E-state index contributed by atoms with van der Waals surface area (Å²) in [4.78, 5) is 26.4. The zero-order valence-electron chi connectivity index (χ0n) is 20.7. The molecule has 3 aromatic carbocycles. The summed E-state index contributed by atoms with van der Waals surface area (Å²) >= 11 is 1.39. The van der Waals surface area contributed by atoms with Gasteiger partial charge in [-0.1, -0.05) is 53.7 Å². The van der Waals surface area contributed by atoms with Crippen LogP contribution in [-0.4, -0.2) is 31.1 Å². The topological polar surface area (TPSA) is 81.3 Å². The van der Waals surface area contributed by atoms with E-state index in [1.807, 2.05) is 51.1 Å². The van der Waals surface area contributed by atoms with Gasteiger partial charge in [0.1, 0.15) is 5.82 Å². The Labute approximate surface area is 217 Å². The van der Waals surface area contributed by atoms with E-state index in [1.54, 1.807) is 33.2 Å². The maximum Gasteiger partial charge on any atom is 0.263 e. The Balaban J connectivity index is 1.66. The number of aromatic nitrogens is 4. The molecule has 2 heterocycles. The summed E-state index contributed by atoms with van der Waals surface area (Å²) in [6, 6.07) is 19.4. The molecule has 0 radical (unpaired) electrons. The fourth-order valence-corrected chi connectivity index (χ4v) is 5.04. The molecular formula is C28H26FN5O2S. The summed E-state index contributed by atoms with van der Waals surface area (Å²) in [6.45, 7) is 6.11. The lowest BCUT2D eigenvalue weighted by Gasteiger charge is -2.13. The molecule has 0 aliphatic rings. The van der Waals surface area contributed by atoms with Gasteiger partial charge in [0, 0.05) is 17.4 Å². The summed E-state index contributed by atoms with van der Waals surface area (Å²) in [6.07, 6.45) is 0. The average Bonchev–Trinajstić information content (AvgIpc) is 3.30. The Morgan fingerprint density at radius 3 is 2.54 bits per heavy atom. The third-order valence-corrected chi connectivity index (χ3v) is 6.97. The van der Waals surface area contributed by atoms with Crippen LogP contribution in [0.2, 0.25) is 0 Å². The maximum absolute atomic E-state index is 13.7. The summed E-state index contributed by atoms with van der Waals surface area (Å²) < 4.78 is 17.1. The van der Waals surface area contributed by atoms with Crippen molar-refractivity contribution in [3.05, 3.63) is 105 Å². The monoisotopic (exact) mass is 515 g/mol. The number of fused-ring (bicyclic) bond motifs is 3. The van der Waals surface area contributed by atoms with Gasteiger partial charge >= 0.3 is 0 Å². The van der Waals surface area contributed by atoms with Gasteiger partial charge in [-0.3, -0.25) is 18.6 Å². The van der Waals surface area contributed by atoms with E-state index in [-0.39, 0.29) is 23.3 Å². The van der Waals surface area contributed by atoms with Crippen molar-refractivity contribution in [2.24, 2.45) is 0 Å². The zero-order chi connectivity index (χ0) is 26.1. The van der Waals surface area contributed by atoms with Crippen molar-refractivity contribution < 1.29 is 9.18 Å². The molecule has 0 saturated carbocycles. The van der Waals surface area contributed by atoms with Gasteiger partial charge in [-0.2, -0.15) is 0 Å². The van der Waals surface area contributed by atoms with Gasteiger partial charge in [-0.15, -0.1) is 10.2 Å². The largest absolute Gasteiger partial charge is 0.350 e. The van der Waals surface area contributed by atoms with Crippen LogP contribution >= 0.6 is 11.8 Å². The number of benzene rings is 3. The lowest BCUT2D eigenvalue weighted by atomic mass is 10.1. The third-order valence-electron chi connectivity index (χ3n) is 5.97. The van der Waals surface area contributed by atoms with Crippen molar-refractivity contribution in [3.8, 4) is 0 Å². The lowest BCUT2D eigenvalue weighted by molar-refractivity contribution is 0.0943. The number of thioether (sulfide) groups is 1. The molecule has 7 nitrogen and oxygen atoms in total. The highest BCUT2D eigenvalue weighted by Crippen LogP contribution is 2.26. The second-order valence-corrected chi connectivity index (χ2v) is 10.2. The molecule has 0 unspecified atom stereocenters. The lowest BCUT2D eigenvalue weighted by Crippen LogP contribution is -2.30. The number of carbonyl (C=O) groups is 1. The standard InChI is InChI=1S/C28H26FN5O2S/c1-17(2)30-25(35)21-11-12-23-24(14-21)34-27(33(26(23)36)15-19-9-7-18(3)8-10-19)31-32-28(34)37-16-20-5-4-6-22(29)13-20/h4-14,17H,15-16H2,1-3H3,(H,30,35). The first-order valence-corrected chi connectivity index (χ1v) is 12.9. The second-order valence-electron chi connectivity index (χ2n) is 9.27. The predicted molar refractivity (Wildman–Crippen MR) is 144 cm³/mol. The molecule has 0 fully saturated rings. The number of amides is 1. The Bertz CT molecular complexity index is 1670. The molecule has 0 bridgehead atoms. The minimum Gasteiger partial charge on any atom is -0.350 e. The molecule has 2 aromatic heterocycles. The molecule has 0 aliphatic carbocycles. The normalized spacial score (nSPS) is 11.5. The number of nitrogens with one attached hydrogen (secondary N) is 1. The van der Waals surface area contributed by atoms with E-state index in [9.17, 15) is 14.0 Å². The van der Waals surface area contributed by atoms with Crippen LogP contribution in [-0.2, 0) is 12.3 Å². The SMILES string of the molecule is Cc1ccc(Cn2c(=O)c3ccc(C(=O)NC(C)C)cc3n3c(SCc4cccc(F)c4)nnc23)cc1. The smallest absolute Gasteiger partial charge is 0.263 e. The minimum atomic E-state index is -0.303. The molecule has 1 amide bonds. The first-order valence-electron chi connectivity index (χ1n) is 12.0. The Hall–Kier alpha value is -3.98. The molecule has 1 N–H and O–H groups in total. The Morgan fingerprint density at radius 1 is 1.03 bits per heavy atom. The van der Waals surface area contributed by atoms with Crippen LogP contribution in [0.5, 0.6) is 0 Å². The number of hydrogen-bond acceptors (Lipinski definition) is 5. The van der Waals surface area contributed by atoms with Crippen LogP contribution in [0.4, 0.5) is 4.39 Å². The van der Waals surface area contributed by atoms with Gasteiger partial charge in [0.15, 0.2) is 5.16 Å². The summed E-state index contributed by atoms with van der Waals surface area (Å²) in [5.74, 6) is 0.310. The van der Waals surface area contributed by atoms with Crippen molar-refractivity contribution in [2.75, 3.05) is 0 Å². The molecule has 37 heavy (non-hydrogen) atoms. The van der Waals surface area contributed by atoms with Crippen LogP contribution in [0.3, 0.4) is 0 Å². The van der Waals surface area contributed by atoms with Crippen LogP contribution in [0.15, 0.2) is 76.7 Å². The minimum absolute atomic E-state index is 0.0296. The fraction of sp³-hybridized carbons (Fsp3) is 0.214. The van der Waals surface area contributed by atoms with Crippen LogP contribution < -0.4 is 10.9 Å². The molecule has 0 aliphatic heterocycles. The number of hydrogen-bond donors (Lipinski definition) is 1. The third kappa shape index (κ3) is 5.13. The molecule has 0 atom stereocenters. The van der Waals surface area contributed by atoms with E-state index in [2.05, 4.69) is 15.5 Å². The molecular weight excluding hydrogens is 489 g/mol. The van der Waals surface area contributed by atoms with E-state index in [4.69, 9.17) is 0 Å². The molecule has 5 rings (SSSR count). The van der Waals surface area contributed by atoms with Crippen molar-refractivity contribution in [3.63, 3.8) is 0 Å². The zero-order valence-corrected chi connectivity index (χ0v) is 21.6. The molecule has 5 aromatic rings. The van der Waals surface area contributed by atoms with Gasteiger partial charge < -0.3 is 5.32 Å².